The van der Waals surface area contributed by atoms with Gasteiger partial charge in [-0.25, -0.2) is 4.98 Å². The first-order valence-corrected chi connectivity index (χ1v) is 7.92. The van der Waals surface area contributed by atoms with Gasteiger partial charge in [-0.3, -0.25) is 4.79 Å². The van der Waals surface area contributed by atoms with E-state index >= 15 is 0 Å². The van der Waals surface area contributed by atoms with E-state index in [1.807, 2.05) is 24.1 Å². The molecule has 0 bridgehead atoms. The lowest BCUT2D eigenvalue weighted by atomic mass is 10.1. The van der Waals surface area contributed by atoms with Crippen molar-refractivity contribution in [1.29, 1.82) is 0 Å². The molecule has 1 saturated heterocycles. The lowest BCUT2D eigenvalue weighted by Gasteiger charge is -2.15. The van der Waals surface area contributed by atoms with Crippen molar-refractivity contribution in [2.75, 3.05) is 13.1 Å². The molecule has 2 aromatic rings. The number of nitrogens with one attached hydrogen (secondary N) is 1. The normalized spacial score (nSPS) is 18.6. The zero-order chi connectivity index (χ0) is 13.9. The highest BCUT2D eigenvalue weighted by atomic mass is 32.1. The van der Waals surface area contributed by atoms with E-state index in [9.17, 15) is 4.79 Å². The number of amides is 1. The van der Waals surface area contributed by atoms with E-state index in [0.717, 1.165) is 37.4 Å². The quantitative estimate of drug-likeness (QED) is 0.941. The molecule has 0 aliphatic carbocycles. The number of hydrogen-bond acceptors (Lipinski definition) is 3. The maximum absolute atomic E-state index is 12.2. The van der Waals surface area contributed by atoms with Crippen LogP contribution in [0, 0.1) is 6.92 Å². The Kier molecular flexibility index (Phi) is 3.87. The molecule has 1 unspecified atom stereocenters. The highest BCUT2D eigenvalue weighted by Crippen LogP contribution is 2.25. The fourth-order valence-corrected chi connectivity index (χ4v) is 3.40. The predicted octanol–water partition coefficient (Wildman–Crippen LogP) is 2.73. The van der Waals surface area contributed by atoms with Crippen LogP contribution in [0.5, 0.6) is 0 Å². The first-order valence-electron chi connectivity index (χ1n) is 7.04. The summed E-state index contributed by atoms with van der Waals surface area (Å²) in [7, 11) is 0. The largest absolute Gasteiger partial charge is 0.346 e. The minimum Gasteiger partial charge on any atom is -0.346 e. The fraction of sp³-hybridized carbons (Fsp3) is 0.467. The van der Waals surface area contributed by atoms with Crippen molar-refractivity contribution in [1.82, 2.24) is 14.9 Å². The summed E-state index contributed by atoms with van der Waals surface area (Å²) < 4.78 is 0. The van der Waals surface area contributed by atoms with Gasteiger partial charge in [-0.15, -0.1) is 11.3 Å². The van der Waals surface area contributed by atoms with Crippen molar-refractivity contribution in [3.8, 4) is 0 Å². The average molecular weight is 289 g/mol. The Labute approximate surface area is 122 Å². The van der Waals surface area contributed by atoms with E-state index in [1.54, 1.807) is 11.3 Å². The molecule has 5 heteroatoms. The van der Waals surface area contributed by atoms with Crippen LogP contribution in [0.25, 0.3) is 0 Å². The number of hydrogen-bond donors (Lipinski definition) is 1. The second-order valence-corrected chi connectivity index (χ2v) is 6.39. The van der Waals surface area contributed by atoms with Gasteiger partial charge in [0.2, 0.25) is 5.91 Å². The summed E-state index contributed by atoms with van der Waals surface area (Å²) in [5.74, 6) is 1.66. The Morgan fingerprint density at radius 2 is 2.50 bits per heavy atom. The molecule has 4 nitrogen and oxygen atoms in total. The molecule has 3 heterocycles. The van der Waals surface area contributed by atoms with Crippen LogP contribution < -0.4 is 0 Å². The second-order valence-electron chi connectivity index (χ2n) is 5.36. The average Bonchev–Trinajstić information content (AvgIpc) is 3.16. The number of rotatable bonds is 4. The first-order chi connectivity index (χ1) is 9.72. The lowest BCUT2D eigenvalue weighted by molar-refractivity contribution is -0.130. The van der Waals surface area contributed by atoms with Gasteiger partial charge in [-0.05, 0) is 31.2 Å². The summed E-state index contributed by atoms with van der Waals surface area (Å²) in [4.78, 5) is 23.2. The maximum atomic E-state index is 12.2. The van der Waals surface area contributed by atoms with Gasteiger partial charge in [0.1, 0.15) is 5.82 Å². The van der Waals surface area contributed by atoms with Gasteiger partial charge in [0, 0.05) is 42.2 Å². The number of imidazole rings is 1. The van der Waals surface area contributed by atoms with Gasteiger partial charge in [-0.2, -0.15) is 0 Å². The molecule has 1 amide bonds. The molecule has 1 atom stereocenters. The predicted molar refractivity (Wildman–Crippen MR) is 79.9 cm³/mol. The van der Waals surface area contributed by atoms with Crippen LogP contribution in [0.2, 0.25) is 0 Å². The SMILES string of the molecule is Cc1cnc(C2CCN(C(=O)CCc3cccs3)C2)[nH]1. The van der Waals surface area contributed by atoms with Crippen LogP contribution in [-0.4, -0.2) is 33.9 Å². The fourth-order valence-electron chi connectivity index (χ4n) is 2.69. The smallest absolute Gasteiger partial charge is 0.222 e. The third-order valence-electron chi connectivity index (χ3n) is 3.82. The standard InChI is InChI=1S/C15H19N3OS/c1-11-9-16-15(17-11)12-6-7-18(10-12)14(19)5-4-13-3-2-8-20-13/h2-3,8-9,12H,4-7,10H2,1H3,(H,16,17). The molecule has 0 radical (unpaired) electrons. The molecule has 0 spiro atoms. The highest BCUT2D eigenvalue weighted by molar-refractivity contribution is 7.09. The molecule has 1 aliphatic heterocycles. The zero-order valence-electron chi connectivity index (χ0n) is 11.6. The number of aromatic amines is 1. The van der Waals surface area contributed by atoms with Crippen molar-refractivity contribution in [2.24, 2.45) is 0 Å². The summed E-state index contributed by atoms with van der Waals surface area (Å²) >= 11 is 1.72. The monoisotopic (exact) mass is 289 g/mol. The number of aryl methyl sites for hydroxylation is 2. The zero-order valence-corrected chi connectivity index (χ0v) is 12.4. The molecule has 0 aromatic carbocycles. The number of thiophene rings is 1. The van der Waals surface area contributed by atoms with Crippen LogP contribution in [0.15, 0.2) is 23.7 Å². The number of likely N-dealkylation sites (tertiary alicyclic amines) is 1. The number of carbonyl (C=O) groups excluding carboxylic acids is 1. The van der Waals surface area contributed by atoms with Gasteiger partial charge >= 0.3 is 0 Å². The molecule has 2 aromatic heterocycles. The van der Waals surface area contributed by atoms with Gasteiger partial charge in [0.25, 0.3) is 0 Å². The van der Waals surface area contributed by atoms with E-state index in [1.165, 1.54) is 4.88 Å². The molecule has 3 rings (SSSR count). The van der Waals surface area contributed by atoms with Crippen LogP contribution >= 0.6 is 11.3 Å². The molecule has 20 heavy (non-hydrogen) atoms. The minimum atomic E-state index is 0.268. The lowest BCUT2D eigenvalue weighted by Crippen LogP contribution is -2.28. The highest BCUT2D eigenvalue weighted by Gasteiger charge is 2.28. The van der Waals surface area contributed by atoms with Crippen LogP contribution in [-0.2, 0) is 11.2 Å². The van der Waals surface area contributed by atoms with Crippen molar-refractivity contribution < 1.29 is 4.79 Å². The van der Waals surface area contributed by atoms with E-state index < -0.39 is 0 Å². The van der Waals surface area contributed by atoms with Crippen LogP contribution in [0.4, 0.5) is 0 Å². The van der Waals surface area contributed by atoms with Gasteiger partial charge in [0.05, 0.1) is 0 Å². The molecular formula is C15H19N3OS. The van der Waals surface area contributed by atoms with E-state index in [-0.39, 0.29) is 5.91 Å². The van der Waals surface area contributed by atoms with Gasteiger partial charge < -0.3 is 9.88 Å². The third-order valence-corrected chi connectivity index (χ3v) is 4.75. The Balaban J connectivity index is 1.53. The Bertz CT molecular complexity index is 576. The molecule has 1 fully saturated rings. The van der Waals surface area contributed by atoms with E-state index in [2.05, 4.69) is 21.4 Å². The summed E-state index contributed by atoms with van der Waals surface area (Å²) in [6.07, 6.45) is 4.34. The van der Waals surface area contributed by atoms with Crippen molar-refractivity contribution in [3.05, 3.63) is 40.1 Å². The molecular weight excluding hydrogens is 270 g/mol. The first kappa shape index (κ1) is 13.4. The van der Waals surface area contributed by atoms with Crippen molar-refractivity contribution in [2.45, 2.75) is 32.1 Å². The minimum absolute atomic E-state index is 0.268. The van der Waals surface area contributed by atoms with Gasteiger partial charge in [-0.1, -0.05) is 6.07 Å². The number of H-pyrrole nitrogens is 1. The Morgan fingerprint density at radius 1 is 1.60 bits per heavy atom. The molecule has 0 saturated carbocycles. The maximum Gasteiger partial charge on any atom is 0.222 e. The van der Waals surface area contributed by atoms with Crippen molar-refractivity contribution in [3.63, 3.8) is 0 Å². The summed E-state index contributed by atoms with van der Waals surface area (Å²) in [5.41, 5.74) is 1.09. The Morgan fingerprint density at radius 3 is 3.20 bits per heavy atom. The number of carbonyl (C=O) groups is 1. The summed E-state index contributed by atoms with van der Waals surface area (Å²) in [5, 5.41) is 2.06. The summed E-state index contributed by atoms with van der Waals surface area (Å²) in [6, 6.07) is 4.13. The number of aromatic nitrogens is 2. The van der Waals surface area contributed by atoms with E-state index in [4.69, 9.17) is 0 Å². The van der Waals surface area contributed by atoms with E-state index in [0.29, 0.717) is 12.3 Å². The molecule has 1 N–H and O–H groups in total. The molecule has 1 aliphatic rings. The van der Waals surface area contributed by atoms with Gasteiger partial charge in [0.15, 0.2) is 0 Å². The topological polar surface area (TPSA) is 49.0 Å². The van der Waals surface area contributed by atoms with Crippen LogP contribution in [0.3, 0.4) is 0 Å². The third kappa shape index (κ3) is 2.93. The second kappa shape index (κ2) is 5.79. The number of nitrogens with zero attached hydrogens (tertiary/aromatic N) is 2. The Hall–Kier alpha value is -1.62. The summed E-state index contributed by atoms with van der Waals surface area (Å²) in [6.45, 7) is 3.67. The van der Waals surface area contributed by atoms with Crippen molar-refractivity contribution >= 4 is 17.2 Å². The molecule has 106 valence electrons. The van der Waals surface area contributed by atoms with Crippen LogP contribution in [0.1, 0.15) is 35.2 Å².